The van der Waals surface area contributed by atoms with E-state index in [4.69, 9.17) is 0 Å². The van der Waals surface area contributed by atoms with Crippen molar-refractivity contribution in [2.45, 2.75) is 51.4 Å². The molecule has 2 N–H and O–H groups in total. The van der Waals surface area contributed by atoms with E-state index in [9.17, 15) is 0 Å². The van der Waals surface area contributed by atoms with Crippen LogP contribution in [-0.4, -0.2) is 74.3 Å². The zero-order valence-electron chi connectivity index (χ0n) is 14.3. The molecule has 1 aliphatic heterocycles. The van der Waals surface area contributed by atoms with E-state index in [0.29, 0.717) is 0 Å². The van der Waals surface area contributed by atoms with Crippen LogP contribution in [0.2, 0.25) is 0 Å². The Labute approximate surface area is 126 Å². The molecular weight excluding hydrogens is 252 g/mol. The number of rotatable bonds is 8. The third kappa shape index (κ3) is 10.6. The first-order valence-electron chi connectivity index (χ1n) is 8.05. The van der Waals surface area contributed by atoms with Gasteiger partial charge in [0.05, 0.1) is 54.4 Å². The lowest BCUT2D eigenvalue weighted by molar-refractivity contribution is -0.914. The van der Waals surface area contributed by atoms with Crippen molar-refractivity contribution in [2.24, 2.45) is 0 Å². The Hall–Kier alpha value is -0.160. The second-order valence-corrected chi connectivity index (χ2v) is 7.63. The van der Waals surface area contributed by atoms with Gasteiger partial charge in [0.1, 0.15) is 0 Å². The molecule has 1 rings (SSSR count). The van der Waals surface area contributed by atoms with Gasteiger partial charge >= 0.3 is 0 Å². The van der Waals surface area contributed by atoms with Crippen molar-refractivity contribution in [1.82, 2.24) is 0 Å². The van der Waals surface area contributed by atoms with Gasteiger partial charge in [-0.15, -0.1) is 0 Å². The highest BCUT2D eigenvalue weighted by atomic mass is 16.0. The molecule has 1 fully saturated rings. The van der Waals surface area contributed by atoms with Gasteiger partial charge in [0.2, 0.25) is 0 Å². The normalized spacial score (nSPS) is 18.0. The molecule has 0 aromatic carbocycles. The van der Waals surface area contributed by atoms with Crippen LogP contribution < -0.4 is 0 Å². The summed E-state index contributed by atoms with van der Waals surface area (Å²) >= 11 is 0. The van der Waals surface area contributed by atoms with Gasteiger partial charge in [0.15, 0.2) is 0 Å². The molecule has 1 aliphatic rings. The van der Waals surface area contributed by atoms with E-state index < -0.39 is 0 Å². The Morgan fingerprint density at radius 2 is 1.25 bits per heavy atom. The molecule has 0 bridgehead atoms. The van der Waals surface area contributed by atoms with E-state index >= 15 is 0 Å². The summed E-state index contributed by atoms with van der Waals surface area (Å²) in [5.41, 5.74) is 0. The first-order valence-corrected chi connectivity index (χ1v) is 8.05. The monoisotopic (exact) mass is 290 g/mol. The molecule has 0 aliphatic carbocycles. The molecule has 20 heavy (non-hydrogen) atoms. The first-order chi connectivity index (χ1) is 8.41. The Morgan fingerprint density at radius 3 is 1.80 bits per heavy atom. The molecule has 1 heterocycles. The molecule has 0 atom stereocenters. The predicted octanol–water partition coefficient (Wildman–Crippen LogP) is 2.92. The van der Waals surface area contributed by atoms with Crippen LogP contribution in [0.1, 0.15) is 51.4 Å². The first kappa shape index (κ1) is 22.1. The maximum absolute atomic E-state index is 2.47. The highest BCUT2D eigenvalue weighted by molar-refractivity contribution is 4.52. The van der Waals surface area contributed by atoms with Gasteiger partial charge in [-0.2, -0.15) is 0 Å². The molecule has 4 heteroatoms. The maximum atomic E-state index is 2.47. The van der Waals surface area contributed by atoms with E-state index in [1.807, 2.05) is 0 Å². The molecule has 124 valence electrons. The number of hydrogen-bond donors (Lipinski definition) is 0. The van der Waals surface area contributed by atoms with E-state index in [1.54, 1.807) is 0 Å². The van der Waals surface area contributed by atoms with Crippen LogP contribution in [-0.2, 0) is 0 Å². The summed E-state index contributed by atoms with van der Waals surface area (Å²) in [6, 6.07) is 0. The minimum Gasteiger partial charge on any atom is -0.870 e. The average Bonchev–Trinajstić information content (AvgIpc) is 2.27. The number of quaternary nitrogens is 2. The number of piperidine rings is 1. The van der Waals surface area contributed by atoms with Gasteiger partial charge in [-0.1, -0.05) is 6.42 Å². The number of hydrogen-bond acceptors (Lipinski definition) is 2. The molecule has 0 spiro atoms. The summed E-state index contributed by atoms with van der Waals surface area (Å²) in [7, 11) is 9.35. The highest BCUT2D eigenvalue weighted by Crippen LogP contribution is 2.17. The number of unbranched alkanes of at least 4 members (excludes halogenated alkanes) is 4. The van der Waals surface area contributed by atoms with Crippen LogP contribution in [0, 0.1) is 0 Å². The van der Waals surface area contributed by atoms with Crippen molar-refractivity contribution in [3.8, 4) is 0 Å². The summed E-state index contributed by atoms with van der Waals surface area (Å²) in [5, 5.41) is 0. The van der Waals surface area contributed by atoms with Crippen LogP contribution in [0.5, 0.6) is 0 Å². The van der Waals surface area contributed by atoms with Gasteiger partial charge in [-0.05, 0) is 44.9 Å². The smallest absolute Gasteiger partial charge is 0.0784 e. The second kappa shape index (κ2) is 10.6. The lowest BCUT2D eigenvalue weighted by Gasteiger charge is -2.37. The van der Waals surface area contributed by atoms with Crippen LogP contribution in [0.4, 0.5) is 0 Å². The molecule has 1 saturated heterocycles. The lowest BCUT2D eigenvalue weighted by Crippen LogP contribution is -2.48. The minimum absolute atomic E-state index is 0. The summed E-state index contributed by atoms with van der Waals surface area (Å²) in [6.45, 7) is 5.62. The van der Waals surface area contributed by atoms with Gasteiger partial charge in [0.25, 0.3) is 0 Å². The summed E-state index contributed by atoms with van der Waals surface area (Å²) in [5.74, 6) is 0. The van der Waals surface area contributed by atoms with Crippen molar-refractivity contribution in [3.63, 3.8) is 0 Å². The molecule has 0 amide bonds. The molecule has 0 aromatic heterocycles. The largest absolute Gasteiger partial charge is 0.870 e. The third-order valence-electron chi connectivity index (χ3n) is 4.42. The van der Waals surface area contributed by atoms with Crippen molar-refractivity contribution in [1.29, 1.82) is 0 Å². The second-order valence-electron chi connectivity index (χ2n) is 7.63. The fraction of sp³-hybridized carbons (Fsp3) is 1.00. The zero-order valence-corrected chi connectivity index (χ0v) is 14.3. The standard InChI is InChI=1S/C16H36N2.2H2O/c1-17(2,3)13-9-6-5-7-10-14-18(4)15-11-8-12-16-18;;/h5-16H2,1-4H3;2*1H2/q+2;;/p-2. The lowest BCUT2D eigenvalue weighted by atomic mass is 10.1. The Kier molecular flexibility index (Phi) is 11.7. The van der Waals surface area contributed by atoms with Crippen LogP contribution in [0.15, 0.2) is 0 Å². The van der Waals surface area contributed by atoms with Gasteiger partial charge in [0, 0.05) is 0 Å². The van der Waals surface area contributed by atoms with Crippen molar-refractivity contribution in [2.75, 3.05) is 54.4 Å². The average molecular weight is 290 g/mol. The zero-order chi connectivity index (χ0) is 13.5. The number of nitrogens with zero attached hydrogens (tertiary/aromatic N) is 2. The van der Waals surface area contributed by atoms with Crippen molar-refractivity contribution >= 4 is 0 Å². The Balaban J connectivity index is 0. The van der Waals surface area contributed by atoms with Gasteiger partial charge in [-0.3, -0.25) is 0 Å². The summed E-state index contributed by atoms with van der Waals surface area (Å²) < 4.78 is 2.48. The highest BCUT2D eigenvalue weighted by Gasteiger charge is 2.23. The van der Waals surface area contributed by atoms with Gasteiger partial charge in [-0.25, -0.2) is 0 Å². The topological polar surface area (TPSA) is 60.0 Å². The van der Waals surface area contributed by atoms with Gasteiger partial charge < -0.3 is 19.9 Å². The fourth-order valence-corrected chi connectivity index (χ4v) is 3.11. The molecule has 0 unspecified atom stereocenters. The SMILES string of the molecule is C[N+](C)(C)CCCCCCC[N+]1(C)CCCCC1.[OH-].[OH-]. The van der Waals surface area contributed by atoms with Crippen molar-refractivity contribution in [3.05, 3.63) is 0 Å². The quantitative estimate of drug-likeness (QED) is 0.510. The van der Waals surface area contributed by atoms with Crippen LogP contribution in [0.3, 0.4) is 0 Å². The third-order valence-corrected chi connectivity index (χ3v) is 4.42. The Bertz CT molecular complexity index is 221. The molecular formula is C16H38N2O2. The van der Waals surface area contributed by atoms with Crippen molar-refractivity contribution < 1.29 is 19.9 Å². The fourth-order valence-electron chi connectivity index (χ4n) is 3.11. The van der Waals surface area contributed by atoms with E-state index in [2.05, 4.69) is 28.2 Å². The summed E-state index contributed by atoms with van der Waals surface area (Å²) in [4.78, 5) is 0. The molecule has 4 nitrogen and oxygen atoms in total. The maximum Gasteiger partial charge on any atom is 0.0784 e. The minimum atomic E-state index is 0. The van der Waals surface area contributed by atoms with Crippen LogP contribution in [0.25, 0.3) is 0 Å². The molecule has 0 aromatic rings. The van der Waals surface area contributed by atoms with E-state index in [-0.39, 0.29) is 11.0 Å². The van der Waals surface area contributed by atoms with E-state index in [1.165, 1.54) is 82.0 Å². The Morgan fingerprint density at radius 1 is 0.750 bits per heavy atom. The van der Waals surface area contributed by atoms with Crippen LogP contribution >= 0.6 is 0 Å². The molecule has 0 radical (unpaired) electrons. The van der Waals surface area contributed by atoms with E-state index in [0.717, 1.165) is 4.48 Å². The molecule has 0 saturated carbocycles. The summed E-state index contributed by atoms with van der Waals surface area (Å²) in [6.07, 6.45) is 11.6. The number of likely N-dealkylation sites (tertiary alicyclic amines) is 1. The predicted molar refractivity (Wildman–Crippen MR) is 84.5 cm³/mol.